The lowest BCUT2D eigenvalue weighted by molar-refractivity contribution is -0.138. The normalized spacial score (nSPS) is 20.8. The zero-order valence-electron chi connectivity index (χ0n) is 18.0. The summed E-state index contributed by atoms with van der Waals surface area (Å²) in [6.07, 6.45) is 1.17. The first kappa shape index (κ1) is 21.0. The summed E-state index contributed by atoms with van der Waals surface area (Å²) >= 11 is 0. The van der Waals surface area contributed by atoms with Crippen molar-refractivity contribution in [2.45, 2.75) is 46.5 Å². The topological polar surface area (TPSA) is 73.9 Å². The smallest absolute Gasteiger partial charge is 0.336 e. The molecule has 0 fully saturated rings. The fraction of sp³-hybridized carbons (Fsp3) is 0.478. The van der Waals surface area contributed by atoms with Crippen molar-refractivity contribution in [3.8, 4) is 11.5 Å². The molecular formula is C23H29NO5. The highest BCUT2D eigenvalue weighted by Crippen LogP contribution is 2.47. The van der Waals surface area contributed by atoms with E-state index in [-0.39, 0.29) is 17.8 Å². The Hall–Kier alpha value is -2.76. The molecule has 6 nitrogen and oxygen atoms in total. The van der Waals surface area contributed by atoms with E-state index in [1.807, 2.05) is 19.1 Å². The summed E-state index contributed by atoms with van der Waals surface area (Å²) in [5.41, 5.74) is 3.30. The zero-order valence-corrected chi connectivity index (χ0v) is 18.0. The number of carbonyl (C=O) groups excluding carboxylic acids is 2. The number of Topliss-reactive ketones (excluding diaryl/α,β-unsaturated/α-hetero) is 1. The molecule has 3 rings (SSSR count). The second-order valence-corrected chi connectivity index (χ2v) is 8.30. The molecule has 0 saturated carbocycles. The summed E-state index contributed by atoms with van der Waals surface area (Å²) in [5, 5.41) is 3.33. The van der Waals surface area contributed by atoms with Crippen LogP contribution >= 0.6 is 0 Å². The van der Waals surface area contributed by atoms with E-state index in [0.29, 0.717) is 34.8 Å². The molecule has 0 amide bonds. The molecule has 1 atom stereocenters. The maximum Gasteiger partial charge on any atom is 0.336 e. The summed E-state index contributed by atoms with van der Waals surface area (Å²) in [4.78, 5) is 26.1. The SMILES string of the molecule is CCOC(=O)C1=C(C)NC2=C(C(=O)CC(C)(C)C2)[C@@H]1c1cc(OC)cc(OC)c1. The fourth-order valence-corrected chi connectivity index (χ4v) is 4.24. The molecule has 29 heavy (non-hydrogen) atoms. The van der Waals surface area contributed by atoms with Crippen molar-refractivity contribution in [1.82, 2.24) is 5.32 Å². The van der Waals surface area contributed by atoms with Gasteiger partial charge in [-0.1, -0.05) is 13.8 Å². The second-order valence-electron chi connectivity index (χ2n) is 8.30. The first-order chi connectivity index (χ1) is 13.7. The van der Waals surface area contributed by atoms with Crippen LogP contribution in [0.1, 0.15) is 52.0 Å². The van der Waals surface area contributed by atoms with Gasteiger partial charge in [0.05, 0.1) is 26.4 Å². The zero-order chi connectivity index (χ0) is 21.3. The summed E-state index contributed by atoms with van der Waals surface area (Å²) in [6.45, 7) is 8.05. The van der Waals surface area contributed by atoms with Crippen LogP contribution in [0.5, 0.6) is 11.5 Å². The highest BCUT2D eigenvalue weighted by Gasteiger charge is 2.43. The van der Waals surface area contributed by atoms with Crippen LogP contribution in [0.15, 0.2) is 40.7 Å². The standard InChI is InChI=1S/C23H29NO5/c1-7-29-22(26)19-13(2)24-17-11-23(3,4)12-18(25)21(17)20(19)14-8-15(27-5)10-16(9-14)28-6/h8-10,20,24H,7,11-12H2,1-6H3/t20-/m1/s1. The van der Waals surface area contributed by atoms with Crippen LogP contribution in [0, 0.1) is 5.41 Å². The van der Waals surface area contributed by atoms with E-state index >= 15 is 0 Å². The van der Waals surface area contributed by atoms with Gasteiger partial charge in [0.15, 0.2) is 5.78 Å². The molecule has 0 bridgehead atoms. The molecule has 1 N–H and O–H groups in total. The second kappa shape index (κ2) is 7.93. The van der Waals surface area contributed by atoms with Gasteiger partial charge in [-0.05, 0) is 43.4 Å². The van der Waals surface area contributed by atoms with Gasteiger partial charge in [0, 0.05) is 35.4 Å². The Morgan fingerprint density at radius 3 is 2.31 bits per heavy atom. The number of methoxy groups -OCH3 is 2. The van der Waals surface area contributed by atoms with Crippen LogP contribution in [0.3, 0.4) is 0 Å². The first-order valence-corrected chi connectivity index (χ1v) is 9.85. The van der Waals surface area contributed by atoms with Gasteiger partial charge in [-0.2, -0.15) is 0 Å². The van der Waals surface area contributed by atoms with Crippen LogP contribution in [-0.2, 0) is 14.3 Å². The Morgan fingerprint density at radius 1 is 1.14 bits per heavy atom. The van der Waals surface area contributed by atoms with Gasteiger partial charge in [-0.3, -0.25) is 4.79 Å². The average molecular weight is 399 g/mol. The van der Waals surface area contributed by atoms with Crippen LogP contribution in [0.2, 0.25) is 0 Å². The molecule has 0 spiro atoms. The minimum atomic E-state index is -0.530. The van der Waals surface area contributed by atoms with Crippen molar-refractivity contribution in [3.63, 3.8) is 0 Å². The number of esters is 1. The molecule has 0 unspecified atom stereocenters. The van der Waals surface area contributed by atoms with Crippen LogP contribution in [-0.4, -0.2) is 32.6 Å². The number of hydrogen-bond acceptors (Lipinski definition) is 6. The molecule has 6 heteroatoms. The van der Waals surface area contributed by atoms with Crippen LogP contribution in [0.4, 0.5) is 0 Å². The van der Waals surface area contributed by atoms with Gasteiger partial charge >= 0.3 is 5.97 Å². The number of benzene rings is 1. The van der Waals surface area contributed by atoms with Crippen molar-refractivity contribution in [2.75, 3.05) is 20.8 Å². The van der Waals surface area contributed by atoms with Gasteiger partial charge in [0.1, 0.15) is 11.5 Å². The largest absolute Gasteiger partial charge is 0.497 e. The maximum absolute atomic E-state index is 13.2. The maximum atomic E-state index is 13.2. The number of dihydropyridines is 1. The quantitative estimate of drug-likeness (QED) is 0.758. The number of rotatable bonds is 5. The summed E-state index contributed by atoms with van der Waals surface area (Å²) in [5.74, 6) is 0.296. The van der Waals surface area contributed by atoms with Crippen molar-refractivity contribution in [1.29, 1.82) is 0 Å². The summed E-state index contributed by atoms with van der Waals surface area (Å²) in [7, 11) is 3.15. The fourth-order valence-electron chi connectivity index (χ4n) is 4.24. The van der Waals surface area contributed by atoms with E-state index in [1.54, 1.807) is 27.2 Å². The molecule has 2 aliphatic rings. The van der Waals surface area contributed by atoms with Crippen LogP contribution < -0.4 is 14.8 Å². The average Bonchev–Trinajstić information content (AvgIpc) is 2.65. The lowest BCUT2D eigenvalue weighted by Gasteiger charge is -2.39. The minimum Gasteiger partial charge on any atom is -0.497 e. The lowest BCUT2D eigenvalue weighted by Crippen LogP contribution is -2.38. The predicted molar refractivity (Wildman–Crippen MR) is 110 cm³/mol. The van der Waals surface area contributed by atoms with Crippen molar-refractivity contribution < 1.29 is 23.8 Å². The molecular weight excluding hydrogens is 370 g/mol. The summed E-state index contributed by atoms with van der Waals surface area (Å²) in [6, 6.07) is 5.47. The monoisotopic (exact) mass is 399 g/mol. The van der Waals surface area contributed by atoms with Crippen LogP contribution in [0.25, 0.3) is 0 Å². The number of hydrogen-bond donors (Lipinski definition) is 1. The highest BCUT2D eigenvalue weighted by atomic mass is 16.5. The van der Waals surface area contributed by atoms with E-state index in [9.17, 15) is 9.59 Å². The van der Waals surface area contributed by atoms with Crippen molar-refractivity contribution in [2.24, 2.45) is 5.41 Å². The third-order valence-corrected chi connectivity index (χ3v) is 5.44. The lowest BCUT2D eigenvalue weighted by atomic mass is 9.68. The Morgan fingerprint density at radius 2 is 1.76 bits per heavy atom. The molecule has 0 aromatic heterocycles. The number of ketones is 1. The van der Waals surface area contributed by atoms with E-state index in [4.69, 9.17) is 14.2 Å². The number of carbonyl (C=O) groups is 2. The molecule has 1 aliphatic carbocycles. The van der Waals surface area contributed by atoms with Gasteiger partial charge in [-0.15, -0.1) is 0 Å². The van der Waals surface area contributed by atoms with Crippen molar-refractivity contribution >= 4 is 11.8 Å². The molecule has 0 saturated heterocycles. The van der Waals surface area contributed by atoms with Crippen molar-refractivity contribution in [3.05, 3.63) is 46.3 Å². The number of ether oxygens (including phenoxy) is 3. The summed E-state index contributed by atoms with van der Waals surface area (Å²) < 4.78 is 16.2. The third kappa shape index (κ3) is 4.02. The third-order valence-electron chi connectivity index (χ3n) is 5.44. The number of allylic oxidation sites excluding steroid dienone is 3. The Bertz CT molecular complexity index is 888. The van der Waals surface area contributed by atoms with Gasteiger partial charge in [-0.25, -0.2) is 4.79 Å². The molecule has 1 heterocycles. The van der Waals surface area contributed by atoms with E-state index in [1.165, 1.54) is 0 Å². The molecule has 156 valence electrons. The number of nitrogens with one attached hydrogen (secondary N) is 1. The molecule has 1 aliphatic heterocycles. The van der Waals surface area contributed by atoms with E-state index in [0.717, 1.165) is 17.7 Å². The van der Waals surface area contributed by atoms with E-state index in [2.05, 4.69) is 19.2 Å². The molecule has 0 radical (unpaired) electrons. The Labute approximate surface area is 171 Å². The van der Waals surface area contributed by atoms with Gasteiger partial charge in [0.25, 0.3) is 0 Å². The molecule has 1 aromatic rings. The van der Waals surface area contributed by atoms with Gasteiger partial charge < -0.3 is 19.5 Å². The molecule has 1 aromatic carbocycles. The Balaban J connectivity index is 2.23. The minimum absolute atomic E-state index is 0.0461. The Kier molecular flexibility index (Phi) is 5.73. The van der Waals surface area contributed by atoms with Gasteiger partial charge in [0.2, 0.25) is 0 Å². The first-order valence-electron chi connectivity index (χ1n) is 9.85. The highest BCUT2D eigenvalue weighted by molar-refractivity contribution is 6.04. The van der Waals surface area contributed by atoms with E-state index < -0.39 is 11.9 Å². The predicted octanol–water partition coefficient (Wildman–Crippen LogP) is 3.87.